The number of rotatable bonds is 6. The van der Waals surface area contributed by atoms with Gasteiger partial charge in [-0.3, -0.25) is 9.78 Å². The Morgan fingerprint density at radius 1 is 1.03 bits per heavy atom. The van der Waals surface area contributed by atoms with Gasteiger partial charge in [-0.1, -0.05) is 0 Å². The lowest BCUT2D eigenvalue weighted by molar-refractivity contribution is -0.274. The number of ether oxygens (including phenoxy) is 2. The van der Waals surface area contributed by atoms with Gasteiger partial charge in [-0.15, -0.1) is 13.2 Å². The average molecular weight is 452 g/mol. The molecule has 172 valence electrons. The van der Waals surface area contributed by atoms with E-state index in [1.165, 1.54) is 25.4 Å². The summed E-state index contributed by atoms with van der Waals surface area (Å²) in [7, 11) is 1.53. The zero-order valence-electron chi connectivity index (χ0n) is 17.2. The molecule has 1 fully saturated rings. The van der Waals surface area contributed by atoms with Crippen LogP contribution in [0.1, 0.15) is 36.2 Å². The van der Waals surface area contributed by atoms with Gasteiger partial charge in [0.1, 0.15) is 17.2 Å². The number of nitrogens with zero attached hydrogens (tertiary/aromatic N) is 1. The van der Waals surface area contributed by atoms with Crippen molar-refractivity contribution in [3.05, 3.63) is 48.3 Å². The molecule has 0 atom stereocenters. The normalized spacial score (nSPS) is 18.4. The fourth-order valence-corrected chi connectivity index (χ4v) is 3.35. The Labute approximate surface area is 182 Å². The van der Waals surface area contributed by atoms with Crippen LogP contribution in [0.3, 0.4) is 0 Å². The maximum Gasteiger partial charge on any atom is 0.573 e. The summed E-state index contributed by atoms with van der Waals surface area (Å²) in [6, 6.07) is 7.68. The molecular weight excluding hydrogens is 429 g/mol. The van der Waals surface area contributed by atoms with E-state index in [1.807, 2.05) is 0 Å². The third-order valence-corrected chi connectivity index (χ3v) is 4.85. The van der Waals surface area contributed by atoms with Gasteiger partial charge in [0, 0.05) is 31.0 Å². The molecule has 3 amide bonds. The molecular formula is C21H23F3N4O4. The number of urea groups is 1. The summed E-state index contributed by atoms with van der Waals surface area (Å²) in [5.41, 5.74) is 0.619. The predicted molar refractivity (Wildman–Crippen MR) is 110 cm³/mol. The summed E-state index contributed by atoms with van der Waals surface area (Å²) in [5.74, 6) is -0.0963. The first-order valence-electron chi connectivity index (χ1n) is 10.00. The number of aromatic nitrogens is 1. The number of pyridine rings is 1. The number of anilines is 1. The Bertz CT molecular complexity index is 929. The highest BCUT2D eigenvalue weighted by Crippen LogP contribution is 2.25. The van der Waals surface area contributed by atoms with Crippen molar-refractivity contribution in [2.45, 2.75) is 44.2 Å². The summed E-state index contributed by atoms with van der Waals surface area (Å²) >= 11 is 0. The lowest BCUT2D eigenvalue weighted by Gasteiger charge is -2.29. The van der Waals surface area contributed by atoms with Crippen LogP contribution in [-0.4, -0.2) is 42.5 Å². The zero-order chi connectivity index (χ0) is 23.1. The van der Waals surface area contributed by atoms with Crippen molar-refractivity contribution in [3.8, 4) is 11.5 Å². The molecule has 3 N–H and O–H groups in total. The maximum atomic E-state index is 12.2. The molecule has 2 aromatic rings. The number of carbonyl (C=O) groups is 2. The molecule has 1 heterocycles. The predicted octanol–water partition coefficient (Wildman–Crippen LogP) is 3.85. The lowest BCUT2D eigenvalue weighted by atomic mass is 9.93. The van der Waals surface area contributed by atoms with Gasteiger partial charge >= 0.3 is 12.4 Å². The van der Waals surface area contributed by atoms with Crippen molar-refractivity contribution in [2.24, 2.45) is 0 Å². The molecule has 1 aliphatic rings. The van der Waals surface area contributed by atoms with E-state index in [9.17, 15) is 22.8 Å². The highest BCUT2D eigenvalue weighted by Gasteiger charge is 2.31. The molecule has 32 heavy (non-hydrogen) atoms. The van der Waals surface area contributed by atoms with Crippen LogP contribution in [-0.2, 0) is 0 Å². The molecule has 0 saturated heterocycles. The van der Waals surface area contributed by atoms with Gasteiger partial charge in [0.05, 0.1) is 6.10 Å². The van der Waals surface area contributed by atoms with Gasteiger partial charge in [-0.05, 0) is 56.0 Å². The molecule has 1 aromatic heterocycles. The van der Waals surface area contributed by atoms with Gasteiger partial charge in [0.25, 0.3) is 5.91 Å². The minimum Gasteiger partial charge on any atom is -0.490 e. The van der Waals surface area contributed by atoms with E-state index >= 15 is 0 Å². The van der Waals surface area contributed by atoms with Crippen molar-refractivity contribution in [3.63, 3.8) is 0 Å². The molecule has 8 nitrogen and oxygen atoms in total. The monoisotopic (exact) mass is 452 g/mol. The highest BCUT2D eigenvalue weighted by molar-refractivity contribution is 5.92. The highest BCUT2D eigenvalue weighted by atomic mass is 19.4. The quantitative estimate of drug-likeness (QED) is 0.618. The summed E-state index contributed by atoms with van der Waals surface area (Å²) in [5, 5.41) is 7.96. The van der Waals surface area contributed by atoms with E-state index in [0.29, 0.717) is 37.1 Å². The Morgan fingerprint density at radius 2 is 1.72 bits per heavy atom. The second kappa shape index (κ2) is 10.2. The molecule has 11 heteroatoms. The molecule has 0 spiro atoms. The SMILES string of the molecule is CNC(=O)c1cc(O[C@H]2CC[C@H](NC(=O)Nc3ccc(OC(F)(F)F)cc3)CC2)ccn1. The third kappa shape index (κ3) is 7.03. The standard InChI is InChI=1S/C21H23F3N4O4/c1-25-19(29)18-12-17(10-11-26-18)31-15-6-2-13(3-7-15)27-20(30)28-14-4-8-16(9-5-14)32-21(22,23)24/h4-5,8-13,15H,2-3,6-7H2,1H3,(H,25,29)(H2,27,28,30)/t13-,15-. The van der Waals surface area contributed by atoms with Crippen LogP contribution in [0, 0.1) is 0 Å². The number of benzene rings is 1. The Balaban J connectivity index is 1.43. The van der Waals surface area contributed by atoms with E-state index in [1.54, 1.807) is 12.1 Å². The fourth-order valence-electron chi connectivity index (χ4n) is 3.35. The molecule has 1 aromatic carbocycles. The van der Waals surface area contributed by atoms with Crippen LogP contribution < -0.4 is 25.4 Å². The number of hydrogen-bond donors (Lipinski definition) is 3. The van der Waals surface area contributed by atoms with Gasteiger partial charge in [-0.25, -0.2) is 4.79 Å². The van der Waals surface area contributed by atoms with Crippen LogP contribution in [0.25, 0.3) is 0 Å². The first kappa shape index (κ1) is 23.2. The number of amides is 3. The third-order valence-electron chi connectivity index (χ3n) is 4.85. The largest absolute Gasteiger partial charge is 0.573 e. The second-order valence-corrected chi connectivity index (χ2v) is 7.22. The van der Waals surface area contributed by atoms with E-state index in [2.05, 4.69) is 25.7 Å². The second-order valence-electron chi connectivity index (χ2n) is 7.22. The van der Waals surface area contributed by atoms with Crippen LogP contribution in [0.5, 0.6) is 11.5 Å². The number of alkyl halides is 3. The van der Waals surface area contributed by atoms with Crippen LogP contribution in [0.2, 0.25) is 0 Å². The molecule has 1 aliphatic carbocycles. The maximum absolute atomic E-state index is 12.2. The number of halogens is 3. The van der Waals surface area contributed by atoms with E-state index in [4.69, 9.17) is 4.74 Å². The van der Waals surface area contributed by atoms with E-state index in [-0.39, 0.29) is 29.5 Å². The fraction of sp³-hybridized carbons (Fsp3) is 0.381. The Morgan fingerprint density at radius 3 is 2.34 bits per heavy atom. The summed E-state index contributed by atoms with van der Waals surface area (Å²) in [4.78, 5) is 27.9. The Kier molecular flexibility index (Phi) is 7.39. The molecule has 0 bridgehead atoms. The topological polar surface area (TPSA) is 102 Å². The van der Waals surface area contributed by atoms with Crippen LogP contribution >= 0.6 is 0 Å². The number of carbonyl (C=O) groups excluding carboxylic acids is 2. The van der Waals surface area contributed by atoms with Gasteiger partial charge in [0.2, 0.25) is 0 Å². The number of nitrogens with one attached hydrogen (secondary N) is 3. The number of hydrogen-bond acceptors (Lipinski definition) is 5. The van der Waals surface area contributed by atoms with Crippen molar-refractivity contribution < 1.29 is 32.2 Å². The molecule has 0 aliphatic heterocycles. The smallest absolute Gasteiger partial charge is 0.490 e. The van der Waals surface area contributed by atoms with Crippen molar-refractivity contribution in [2.75, 3.05) is 12.4 Å². The minimum atomic E-state index is -4.77. The van der Waals surface area contributed by atoms with E-state index in [0.717, 1.165) is 12.1 Å². The van der Waals surface area contributed by atoms with E-state index < -0.39 is 12.4 Å². The lowest BCUT2D eigenvalue weighted by Crippen LogP contribution is -2.41. The van der Waals surface area contributed by atoms with Gasteiger partial charge in [-0.2, -0.15) is 0 Å². The Hall–Kier alpha value is -3.50. The van der Waals surface area contributed by atoms with Crippen molar-refractivity contribution in [1.82, 2.24) is 15.6 Å². The van der Waals surface area contributed by atoms with Gasteiger partial charge in [0.15, 0.2) is 0 Å². The molecule has 1 saturated carbocycles. The molecule has 3 rings (SSSR count). The van der Waals surface area contributed by atoms with Crippen LogP contribution in [0.15, 0.2) is 42.6 Å². The van der Waals surface area contributed by atoms with Crippen molar-refractivity contribution in [1.29, 1.82) is 0 Å². The average Bonchev–Trinajstić information content (AvgIpc) is 2.75. The first-order valence-corrected chi connectivity index (χ1v) is 10.00. The first-order chi connectivity index (χ1) is 15.2. The summed E-state index contributed by atoms with van der Waals surface area (Å²) in [6.07, 6.45) is -0.471. The van der Waals surface area contributed by atoms with Crippen LogP contribution in [0.4, 0.5) is 23.7 Å². The summed E-state index contributed by atoms with van der Waals surface area (Å²) in [6.45, 7) is 0. The van der Waals surface area contributed by atoms with Crippen molar-refractivity contribution >= 4 is 17.6 Å². The minimum absolute atomic E-state index is 0.0442. The zero-order valence-corrected chi connectivity index (χ0v) is 17.2. The summed E-state index contributed by atoms with van der Waals surface area (Å²) < 4.78 is 46.3. The molecule has 0 radical (unpaired) electrons. The van der Waals surface area contributed by atoms with Gasteiger partial charge < -0.3 is 25.4 Å². The molecule has 0 unspecified atom stereocenters.